The molecule has 0 aromatic heterocycles. The Balaban J connectivity index is 2.09. The molecule has 0 spiro atoms. The predicted octanol–water partition coefficient (Wildman–Crippen LogP) is 4.64. The lowest BCUT2D eigenvalue weighted by atomic mass is 10.1. The van der Waals surface area contributed by atoms with Gasteiger partial charge < -0.3 is 5.32 Å². The highest BCUT2D eigenvalue weighted by Gasteiger charge is 2.27. The number of carbonyl (C=O) groups is 1. The number of sulfone groups is 1. The largest absolute Gasteiger partial charge is 0.322 e. The molecule has 0 fully saturated rings. The van der Waals surface area contributed by atoms with Crippen molar-refractivity contribution < 1.29 is 18.1 Å². The molecule has 29 heavy (non-hydrogen) atoms. The van der Waals surface area contributed by atoms with Crippen molar-refractivity contribution in [2.45, 2.75) is 16.7 Å². The molecule has 0 unspecified atom stereocenters. The zero-order chi connectivity index (χ0) is 21.2. The second kappa shape index (κ2) is 8.02. The van der Waals surface area contributed by atoms with Crippen molar-refractivity contribution in [3.63, 3.8) is 0 Å². The highest BCUT2D eigenvalue weighted by Crippen LogP contribution is 2.29. The molecule has 3 aromatic rings. The van der Waals surface area contributed by atoms with Crippen LogP contribution in [0.5, 0.6) is 0 Å². The zero-order valence-electron chi connectivity index (χ0n) is 15.1. The SMILES string of the molecule is Cc1ccc(NC(=O)c2cc([N+](=O)[O-])ccc2S(=O)(=O)c2ccc(Cl)cc2)cc1. The Bertz CT molecular complexity index is 1190. The van der Waals surface area contributed by atoms with Crippen LogP contribution in [0.15, 0.2) is 76.5 Å². The summed E-state index contributed by atoms with van der Waals surface area (Å²) in [6, 6.07) is 15.3. The van der Waals surface area contributed by atoms with Crippen molar-refractivity contribution in [3.8, 4) is 0 Å². The van der Waals surface area contributed by atoms with E-state index in [0.717, 1.165) is 23.8 Å². The average molecular weight is 431 g/mol. The Morgan fingerprint density at radius 2 is 1.62 bits per heavy atom. The Hall–Kier alpha value is -3.23. The van der Waals surface area contributed by atoms with Crippen LogP contribution in [0.25, 0.3) is 0 Å². The van der Waals surface area contributed by atoms with Crippen LogP contribution >= 0.6 is 11.6 Å². The number of nitro groups is 1. The first-order valence-electron chi connectivity index (χ1n) is 8.35. The van der Waals surface area contributed by atoms with Crippen LogP contribution in [0.4, 0.5) is 11.4 Å². The van der Waals surface area contributed by atoms with Crippen molar-refractivity contribution >= 4 is 38.7 Å². The van der Waals surface area contributed by atoms with Crippen molar-refractivity contribution in [2.24, 2.45) is 0 Å². The van der Waals surface area contributed by atoms with Crippen LogP contribution in [-0.4, -0.2) is 19.2 Å². The van der Waals surface area contributed by atoms with Gasteiger partial charge in [0, 0.05) is 22.8 Å². The minimum atomic E-state index is -4.11. The molecule has 9 heteroatoms. The number of anilines is 1. The Labute approximate surface area is 172 Å². The van der Waals surface area contributed by atoms with Gasteiger partial charge >= 0.3 is 0 Å². The van der Waals surface area contributed by atoms with E-state index < -0.39 is 26.4 Å². The molecule has 0 atom stereocenters. The van der Waals surface area contributed by atoms with Gasteiger partial charge in [-0.2, -0.15) is 0 Å². The lowest BCUT2D eigenvalue weighted by Gasteiger charge is -2.12. The summed E-state index contributed by atoms with van der Waals surface area (Å²) in [6.07, 6.45) is 0. The third kappa shape index (κ3) is 4.44. The van der Waals surface area contributed by atoms with Crippen LogP contribution < -0.4 is 5.32 Å². The van der Waals surface area contributed by atoms with E-state index in [2.05, 4.69) is 5.32 Å². The van der Waals surface area contributed by atoms with Gasteiger partial charge in [-0.05, 0) is 49.4 Å². The highest BCUT2D eigenvalue weighted by molar-refractivity contribution is 7.91. The molecule has 0 heterocycles. The van der Waals surface area contributed by atoms with Crippen molar-refractivity contribution in [2.75, 3.05) is 5.32 Å². The molecule has 0 aliphatic rings. The second-order valence-corrected chi connectivity index (χ2v) is 8.57. The summed E-state index contributed by atoms with van der Waals surface area (Å²) >= 11 is 5.81. The Morgan fingerprint density at radius 3 is 2.21 bits per heavy atom. The Morgan fingerprint density at radius 1 is 1.00 bits per heavy atom. The van der Waals surface area contributed by atoms with Crippen molar-refractivity contribution in [1.82, 2.24) is 0 Å². The number of nitro benzene ring substituents is 1. The molecule has 3 aromatic carbocycles. The van der Waals surface area contributed by atoms with Gasteiger partial charge in [0.25, 0.3) is 11.6 Å². The van der Waals surface area contributed by atoms with E-state index in [-0.39, 0.29) is 15.4 Å². The summed E-state index contributed by atoms with van der Waals surface area (Å²) in [5, 5.41) is 14.1. The normalized spacial score (nSPS) is 11.1. The lowest BCUT2D eigenvalue weighted by molar-refractivity contribution is -0.384. The fraction of sp³-hybridized carbons (Fsp3) is 0.0500. The van der Waals surface area contributed by atoms with Gasteiger partial charge in [-0.3, -0.25) is 14.9 Å². The molecule has 0 aliphatic carbocycles. The van der Waals surface area contributed by atoms with Crippen LogP contribution in [0.3, 0.4) is 0 Å². The summed E-state index contributed by atoms with van der Waals surface area (Å²) < 4.78 is 26.1. The van der Waals surface area contributed by atoms with Gasteiger partial charge in [0.1, 0.15) is 0 Å². The number of carbonyl (C=O) groups excluding carboxylic acids is 1. The van der Waals surface area contributed by atoms with Gasteiger partial charge in [0.2, 0.25) is 9.84 Å². The number of nitrogens with one attached hydrogen (secondary N) is 1. The molecule has 3 rings (SSSR count). The highest BCUT2D eigenvalue weighted by atomic mass is 35.5. The fourth-order valence-corrected chi connectivity index (χ4v) is 4.18. The van der Waals surface area contributed by atoms with E-state index in [4.69, 9.17) is 11.6 Å². The van der Waals surface area contributed by atoms with Crippen LogP contribution in [-0.2, 0) is 9.84 Å². The number of amides is 1. The van der Waals surface area contributed by atoms with E-state index in [0.29, 0.717) is 10.7 Å². The Kier molecular flexibility index (Phi) is 5.67. The molecule has 1 amide bonds. The first kappa shape index (κ1) is 20.5. The molecular weight excluding hydrogens is 416 g/mol. The van der Waals surface area contributed by atoms with Gasteiger partial charge in [-0.15, -0.1) is 0 Å². The molecule has 148 valence electrons. The number of nitrogens with zero attached hydrogens (tertiary/aromatic N) is 1. The number of hydrogen-bond acceptors (Lipinski definition) is 5. The molecule has 0 radical (unpaired) electrons. The second-order valence-electron chi connectivity index (χ2n) is 6.22. The zero-order valence-corrected chi connectivity index (χ0v) is 16.7. The maximum Gasteiger partial charge on any atom is 0.270 e. The molecular formula is C20H15ClN2O5S. The number of halogens is 1. The molecule has 7 nitrogen and oxygen atoms in total. The van der Waals surface area contributed by atoms with E-state index in [1.165, 1.54) is 24.3 Å². The number of hydrogen-bond donors (Lipinski definition) is 1. The minimum Gasteiger partial charge on any atom is -0.322 e. The number of aryl methyl sites for hydroxylation is 1. The van der Waals surface area contributed by atoms with Crippen molar-refractivity contribution in [3.05, 3.63) is 93.0 Å². The van der Waals surface area contributed by atoms with E-state index in [1.807, 2.05) is 6.92 Å². The molecule has 1 N–H and O–H groups in total. The van der Waals surface area contributed by atoms with Crippen LogP contribution in [0.2, 0.25) is 5.02 Å². The van der Waals surface area contributed by atoms with Gasteiger partial charge in [-0.25, -0.2) is 8.42 Å². The summed E-state index contributed by atoms with van der Waals surface area (Å²) in [5.74, 6) is -0.773. The topological polar surface area (TPSA) is 106 Å². The summed E-state index contributed by atoms with van der Waals surface area (Å²) in [4.78, 5) is 22.8. The number of benzene rings is 3. The maximum atomic E-state index is 13.1. The lowest BCUT2D eigenvalue weighted by Crippen LogP contribution is -2.17. The van der Waals surface area contributed by atoms with Gasteiger partial charge in [0.15, 0.2) is 0 Å². The molecule has 0 saturated heterocycles. The first-order valence-corrected chi connectivity index (χ1v) is 10.2. The van der Waals surface area contributed by atoms with E-state index >= 15 is 0 Å². The summed E-state index contributed by atoms with van der Waals surface area (Å²) in [7, 11) is -4.11. The minimum absolute atomic E-state index is 0.0832. The van der Waals surface area contributed by atoms with Crippen LogP contribution in [0, 0.1) is 17.0 Å². The van der Waals surface area contributed by atoms with Gasteiger partial charge in [-0.1, -0.05) is 29.3 Å². The van der Waals surface area contributed by atoms with E-state index in [9.17, 15) is 23.3 Å². The van der Waals surface area contributed by atoms with E-state index in [1.54, 1.807) is 24.3 Å². The third-order valence-electron chi connectivity index (χ3n) is 4.14. The van der Waals surface area contributed by atoms with Crippen molar-refractivity contribution in [1.29, 1.82) is 0 Å². The first-order chi connectivity index (χ1) is 13.7. The molecule has 0 aliphatic heterocycles. The van der Waals surface area contributed by atoms with Gasteiger partial charge in [0.05, 0.1) is 20.3 Å². The third-order valence-corrected chi connectivity index (χ3v) is 6.22. The molecule has 0 saturated carbocycles. The summed E-state index contributed by atoms with van der Waals surface area (Å²) in [6.45, 7) is 1.88. The standard InChI is InChI=1S/C20H15ClN2O5S/c1-13-2-6-15(7-3-13)22-20(24)18-12-16(23(25)26)8-11-19(18)29(27,28)17-9-4-14(21)5-10-17/h2-12H,1H3,(H,22,24). The fourth-order valence-electron chi connectivity index (χ4n) is 2.62. The molecule has 0 bridgehead atoms. The maximum absolute atomic E-state index is 13.1. The number of non-ortho nitro benzene ring substituents is 1. The quantitative estimate of drug-likeness (QED) is 0.468. The monoisotopic (exact) mass is 430 g/mol. The van der Waals surface area contributed by atoms with Crippen LogP contribution in [0.1, 0.15) is 15.9 Å². The average Bonchev–Trinajstić information content (AvgIpc) is 2.69. The predicted molar refractivity (Wildman–Crippen MR) is 109 cm³/mol. The smallest absolute Gasteiger partial charge is 0.270 e. The number of rotatable bonds is 5. The summed E-state index contributed by atoms with van der Waals surface area (Å²) in [5.41, 5.74) is 0.690.